The first-order valence-corrected chi connectivity index (χ1v) is 7.28. The first-order valence-electron chi connectivity index (χ1n) is 6.46. The number of anilines is 1. The van der Waals surface area contributed by atoms with Gasteiger partial charge in [0.25, 0.3) is 0 Å². The van der Waals surface area contributed by atoms with Gasteiger partial charge < -0.3 is 4.42 Å². The zero-order chi connectivity index (χ0) is 13.9. The van der Waals surface area contributed by atoms with Gasteiger partial charge in [-0.2, -0.15) is 0 Å². The number of para-hydroxylation sites is 1. The van der Waals surface area contributed by atoms with Crippen LogP contribution in [-0.2, 0) is 11.3 Å². The number of carbonyl (C=O) groups excluding carboxylic acids is 1. The van der Waals surface area contributed by atoms with E-state index in [4.69, 9.17) is 4.42 Å². The molecule has 0 N–H and O–H groups in total. The summed E-state index contributed by atoms with van der Waals surface area (Å²) >= 11 is 1.52. The molecule has 1 amide bonds. The van der Waals surface area contributed by atoms with Crippen molar-refractivity contribution in [2.24, 2.45) is 0 Å². The van der Waals surface area contributed by atoms with Crippen molar-refractivity contribution in [3.05, 3.63) is 48.4 Å². The second-order valence-corrected chi connectivity index (χ2v) is 5.39. The lowest BCUT2D eigenvalue weighted by Gasteiger charge is -2.17. The number of hydrogen-bond acceptors (Lipinski definition) is 4. The van der Waals surface area contributed by atoms with Crippen molar-refractivity contribution in [2.75, 3.05) is 4.90 Å². The minimum absolute atomic E-state index is 0.0421. The Morgan fingerprint density at radius 3 is 2.85 bits per heavy atom. The molecule has 0 aliphatic heterocycles. The fourth-order valence-electron chi connectivity index (χ4n) is 1.99. The van der Waals surface area contributed by atoms with Crippen LogP contribution in [0.15, 0.2) is 47.1 Å². The van der Waals surface area contributed by atoms with Gasteiger partial charge in [-0.05, 0) is 24.3 Å². The van der Waals surface area contributed by atoms with E-state index in [1.807, 2.05) is 43.3 Å². The van der Waals surface area contributed by atoms with Crippen molar-refractivity contribution in [1.82, 2.24) is 4.98 Å². The second-order valence-electron chi connectivity index (χ2n) is 4.38. The molecule has 20 heavy (non-hydrogen) atoms. The Balaban J connectivity index is 1.97. The van der Waals surface area contributed by atoms with Gasteiger partial charge in [0, 0.05) is 6.42 Å². The maximum absolute atomic E-state index is 12.2. The molecule has 1 aromatic carbocycles. The number of rotatable bonds is 4. The van der Waals surface area contributed by atoms with Crippen LogP contribution >= 0.6 is 11.3 Å². The summed E-state index contributed by atoms with van der Waals surface area (Å²) in [6, 6.07) is 11.6. The molecule has 0 saturated carbocycles. The topological polar surface area (TPSA) is 46.3 Å². The average Bonchev–Trinajstić information content (AvgIpc) is 3.12. The Hall–Kier alpha value is -2.14. The third-order valence-corrected chi connectivity index (χ3v) is 4.07. The first kappa shape index (κ1) is 12.9. The first-order chi connectivity index (χ1) is 9.78. The van der Waals surface area contributed by atoms with Crippen LogP contribution in [0.2, 0.25) is 0 Å². The van der Waals surface area contributed by atoms with Gasteiger partial charge in [0.1, 0.15) is 5.76 Å². The van der Waals surface area contributed by atoms with Crippen LogP contribution in [0.4, 0.5) is 5.13 Å². The predicted molar refractivity (Wildman–Crippen MR) is 79.8 cm³/mol. The Bertz CT molecular complexity index is 685. The van der Waals surface area contributed by atoms with Gasteiger partial charge in [-0.15, -0.1) is 0 Å². The summed E-state index contributed by atoms with van der Waals surface area (Å²) < 4.78 is 6.42. The van der Waals surface area contributed by atoms with E-state index in [-0.39, 0.29) is 5.91 Å². The number of carbonyl (C=O) groups is 1. The Labute approximate surface area is 120 Å². The molecule has 2 aromatic heterocycles. The lowest BCUT2D eigenvalue weighted by molar-refractivity contribution is -0.118. The van der Waals surface area contributed by atoms with Crippen molar-refractivity contribution in [3.63, 3.8) is 0 Å². The van der Waals surface area contributed by atoms with Crippen LogP contribution in [0.25, 0.3) is 10.2 Å². The average molecular weight is 286 g/mol. The van der Waals surface area contributed by atoms with Gasteiger partial charge in [0.2, 0.25) is 5.91 Å². The van der Waals surface area contributed by atoms with E-state index < -0.39 is 0 Å². The summed E-state index contributed by atoms with van der Waals surface area (Å²) in [6.07, 6.45) is 2.05. The highest BCUT2D eigenvalue weighted by atomic mass is 32.1. The fourth-order valence-corrected chi connectivity index (χ4v) is 2.97. The van der Waals surface area contributed by atoms with Crippen LogP contribution in [0.1, 0.15) is 19.1 Å². The molecule has 0 aliphatic rings. The minimum atomic E-state index is 0.0421. The molecule has 3 aromatic rings. The van der Waals surface area contributed by atoms with Gasteiger partial charge in [0.05, 0.1) is 23.0 Å². The highest BCUT2D eigenvalue weighted by molar-refractivity contribution is 7.22. The maximum atomic E-state index is 12.2. The highest BCUT2D eigenvalue weighted by Crippen LogP contribution is 2.30. The number of nitrogens with zero attached hydrogens (tertiary/aromatic N) is 2. The second kappa shape index (κ2) is 5.46. The highest BCUT2D eigenvalue weighted by Gasteiger charge is 2.19. The molecule has 5 heteroatoms. The largest absolute Gasteiger partial charge is 0.467 e. The minimum Gasteiger partial charge on any atom is -0.467 e. The van der Waals surface area contributed by atoms with E-state index in [2.05, 4.69) is 4.98 Å². The van der Waals surface area contributed by atoms with Crippen LogP contribution in [0.5, 0.6) is 0 Å². The van der Waals surface area contributed by atoms with Gasteiger partial charge >= 0.3 is 0 Å². The van der Waals surface area contributed by atoms with Crippen LogP contribution in [0.3, 0.4) is 0 Å². The third kappa shape index (κ3) is 2.44. The number of hydrogen-bond donors (Lipinski definition) is 0. The van der Waals surface area contributed by atoms with E-state index in [1.54, 1.807) is 11.2 Å². The predicted octanol–water partition coefficient (Wildman–Crippen LogP) is 3.83. The fraction of sp³-hybridized carbons (Fsp3) is 0.200. The Morgan fingerprint density at radius 1 is 1.30 bits per heavy atom. The summed E-state index contributed by atoms with van der Waals surface area (Å²) in [6.45, 7) is 2.27. The van der Waals surface area contributed by atoms with Crippen molar-refractivity contribution < 1.29 is 9.21 Å². The number of fused-ring (bicyclic) bond motifs is 1. The maximum Gasteiger partial charge on any atom is 0.228 e. The van der Waals surface area contributed by atoms with E-state index in [0.717, 1.165) is 21.1 Å². The van der Waals surface area contributed by atoms with E-state index in [9.17, 15) is 4.79 Å². The standard InChI is InChI=1S/C15H14N2O2S/c1-2-14(18)17(10-11-6-5-9-19-11)15-16-12-7-3-4-8-13(12)20-15/h3-9H,2,10H2,1H3. The van der Waals surface area contributed by atoms with E-state index >= 15 is 0 Å². The SMILES string of the molecule is CCC(=O)N(Cc1ccco1)c1nc2ccccc2s1. The molecule has 0 bridgehead atoms. The molecule has 102 valence electrons. The van der Waals surface area contributed by atoms with Crippen LogP contribution in [-0.4, -0.2) is 10.9 Å². The molecule has 4 nitrogen and oxygen atoms in total. The van der Waals surface area contributed by atoms with Crippen molar-refractivity contribution in [1.29, 1.82) is 0 Å². The molecule has 3 rings (SSSR count). The Kier molecular flexibility index (Phi) is 3.52. The molecule has 0 radical (unpaired) electrons. The molecule has 0 spiro atoms. The molecular weight excluding hydrogens is 272 g/mol. The van der Waals surface area contributed by atoms with Crippen LogP contribution < -0.4 is 4.90 Å². The number of amides is 1. The van der Waals surface area contributed by atoms with Crippen molar-refractivity contribution in [3.8, 4) is 0 Å². The monoisotopic (exact) mass is 286 g/mol. The normalized spacial score (nSPS) is 10.8. The summed E-state index contributed by atoms with van der Waals surface area (Å²) in [5.74, 6) is 0.798. The van der Waals surface area contributed by atoms with Crippen molar-refractivity contribution >= 4 is 32.6 Å². The smallest absolute Gasteiger partial charge is 0.228 e. The number of benzene rings is 1. The van der Waals surface area contributed by atoms with Gasteiger partial charge in [-0.1, -0.05) is 30.4 Å². The molecule has 0 atom stereocenters. The van der Waals surface area contributed by atoms with E-state index in [0.29, 0.717) is 13.0 Å². The zero-order valence-corrected chi connectivity index (χ0v) is 11.9. The molecule has 0 aliphatic carbocycles. The van der Waals surface area contributed by atoms with E-state index in [1.165, 1.54) is 11.3 Å². The summed E-state index contributed by atoms with van der Waals surface area (Å²) in [5.41, 5.74) is 0.917. The number of furan rings is 1. The lowest BCUT2D eigenvalue weighted by Crippen LogP contribution is -2.29. The van der Waals surface area contributed by atoms with Crippen LogP contribution in [0, 0.1) is 0 Å². The molecular formula is C15H14N2O2S. The Morgan fingerprint density at radius 2 is 2.15 bits per heavy atom. The third-order valence-electron chi connectivity index (χ3n) is 3.01. The van der Waals surface area contributed by atoms with Crippen molar-refractivity contribution in [2.45, 2.75) is 19.9 Å². The summed E-state index contributed by atoms with van der Waals surface area (Å²) in [7, 11) is 0. The summed E-state index contributed by atoms with van der Waals surface area (Å²) in [4.78, 5) is 18.4. The number of aromatic nitrogens is 1. The molecule has 2 heterocycles. The summed E-state index contributed by atoms with van der Waals surface area (Å²) in [5, 5.41) is 0.717. The van der Waals surface area contributed by atoms with Gasteiger partial charge in [-0.3, -0.25) is 9.69 Å². The molecule has 0 fully saturated rings. The van der Waals surface area contributed by atoms with Gasteiger partial charge in [0.15, 0.2) is 5.13 Å². The molecule has 0 saturated heterocycles. The molecule has 0 unspecified atom stereocenters. The quantitative estimate of drug-likeness (QED) is 0.732. The zero-order valence-electron chi connectivity index (χ0n) is 11.1. The van der Waals surface area contributed by atoms with Gasteiger partial charge in [-0.25, -0.2) is 4.98 Å². The lowest BCUT2D eigenvalue weighted by atomic mass is 10.3. The number of thiazole rings is 1.